The number of hydrogen-bond donors (Lipinski definition) is 1. The van der Waals surface area contributed by atoms with Crippen LogP contribution >= 0.6 is 15.9 Å². The van der Waals surface area contributed by atoms with Crippen molar-refractivity contribution in [2.75, 3.05) is 0 Å². The summed E-state index contributed by atoms with van der Waals surface area (Å²) in [7, 11) is 0. The number of halogens is 1. The van der Waals surface area contributed by atoms with E-state index < -0.39 is 0 Å². The average Bonchev–Trinajstić information content (AvgIpc) is 2.82. The molecule has 92 valence electrons. The minimum atomic E-state index is -0.370. The molecule has 1 heterocycles. The first-order chi connectivity index (χ1) is 8.75. The highest BCUT2D eigenvalue weighted by atomic mass is 79.9. The van der Waals surface area contributed by atoms with Crippen LogP contribution in [0.25, 0.3) is 0 Å². The van der Waals surface area contributed by atoms with E-state index in [-0.39, 0.29) is 11.7 Å². The summed E-state index contributed by atoms with van der Waals surface area (Å²) in [6.45, 7) is 0. The van der Waals surface area contributed by atoms with Crippen LogP contribution in [-0.2, 0) is 6.42 Å². The third-order valence-electron chi connectivity index (χ3n) is 2.22. The Bertz CT molecular complexity index is 549. The van der Waals surface area contributed by atoms with Gasteiger partial charge in [-0.05, 0) is 33.6 Å². The number of nitrogens with one attached hydrogen (secondary N) is 1. The van der Waals surface area contributed by atoms with E-state index >= 15 is 0 Å². The quantitative estimate of drug-likeness (QED) is 0.697. The normalized spacial score (nSPS) is 10.7. The SMILES string of the molecule is O=C(NN=CCc1ccccc1)c1ccc(Br)o1. The zero-order valence-corrected chi connectivity index (χ0v) is 11.1. The Morgan fingerprint density at radius 1 is 1.28 bits per heavy atom. The minimum Gasteiger partial charge on any atom is -0.444 e. The predicted molar refractivity (Wildman–Crippen MR) is 72.5 cm³/mol. The number of hydrogen-bond acceptors (Lipinski definition) is 3. The number of carbonyl (C=O) groups is 1. The molecular formula is C13H11BrN2O2. The zero-order valence-electron chi connectivity index (χ0n) is 9.47. The Kier molecular flexibility index (Phi) is 4.30. The van der Waals surface area contributed by atoms with Crippen molar-refractivity contribution in [1.82, 2.24) is 5.43 Å². The van der Waals surface area contributed by atoms with Crippen molar-refractivity contribution in [2.24, 2.45) is 5.10 Å². The van der Waals surface area contributed by atoms with Crippen LogP contribution in [-0.4, -0.2) is 12.1 Å². The third-order valence-corrected chi connectivity index (χ3v) is 2.65. The van der Waals surface area contributed by atoms with Crippen molar-refractivity contribution in [2.45, 2.75) is 6.42 Å². The summed E-state index contributed by atoms with van der Waals surface area (Å²) in [5.41, 5.74) is 3.53. The van der Waals surface area contributed by atoms with Crippen LogP contribution in [0.4, 0.5) is 0 Å². The fourth-order valence-electron chi connectivity index (χ4n) is 1.36. The molecule has 0 radical (unpaired) electrons. The summed E-state index contributed by atoms with van der Waals surface area (Å²) in [5, 5.41) is 3.85. The van der Waals surface area contributed by atoms with Crippen LogP contribution in [0.3, 0.4) is 0 Å². The summed E-state index contributed by atoms with van der Waals surface area (Å²) in [6, 6.07) is 13.1. The first kappa shape index (κ1) is 12.6. The van der Waals surface area contributed by atoms with E-state index in [0.29, 0.717) is 11.1 Å². The molecule has 0 bridgehead atoms. The minimum absolute atomic E-state index is 0.221. The summed E-state index contributed by atoms with van der Waals surface area (Å²) in [6.07, 6.45) is 2.31. The fraction of sp³-hybridized carbons (Fsp3) is 0.0769. The standard InChI is InChI=1S/C13H11BrN2O2/c14-12-7-6-11(18-12)13(17)16-15-9-8-10-4-2-1-3-5-10/h1-7,9H,8H2,(H,16,17). The van der Waals surface area contributed by atoms with Crippen molar-refractivity contribution in [3.8, 4) is 0 Å². The maximum Gasteiger partial charge on any atom is 0.307 e. The molecule has 1 aromatic carbocycles. The van der Waals surface area contributed by atoms with Gasteiger partial charge in [0.25, 0.3) is 0 Å². The van der Waals surface area contributed by atoms with Crippen molar-refractivity contribution in [1.29, 1.82) is 0 Å². The largest absolute Gasteiger partial charge is 0.444 e. The molecule has 0 fully saturated rings. The Balaban J connectivity index is 1.83. The van der Waals surface area contributed by atoms with Crippen molar-refractivity contribution in [3.05, 3.63) is 58.5 Å². The number of hydrazone groups is 1. The molecule has 0 atom stereocenters. The maximum absolute atomic E-state index is 11.5. The van der Waals surface area contributed by atoms with Gasteiger partial charge in [-0.25, -0.2) is 5.43 Å². The first-order valence-electron chi connectivity index (χ1n) is 5.37. The summed E-state index contributed by atoms with van der Waals surface area (Å²) < 4.78 is 5.61. The van der Waals surface area contributed by atoms with Crippen molar-refractivity contribution >= 4 is 28.1 Å². The molecule has 0 aliphatic rings. The van der Waals surface area contributed by atoms with E-state index in [1.807, 2.05) is 30.3 Å². The Morgan fingerprint density at radius 3 is 2.72 bits per heavy atom. The number of nitrogens with zero attached hydrogens (tertiary/aromatic N) is 1. The molecule has 2 aromatic rings. The molecule has 0 spiro atoms. The van der Waals surface area contributed by atoms with E-state index in [4.69, 9.17) is 4.42 Å². The molecule has 4 nitrogen and oxygen atoms in total. The highest BCUT2D eigenvalue weighted by Gasteiger charge is 2.08. The van der Waals surface area contributed by atoms with Crippen LogP contribution in [0.5, 0.6) is 0 Å². The lowest BCUT2D eigenvalue weighted by Crippen LogP contribution is -2.16. The lowest BCUT2D eigenvalue weighted by molar-refractivity contribution is 0.0926. The van der Waals surface area contributed by atoms with Gasteiger partial charge in [-0.1, -0.05) is 30.3 Å². The number of benzene rings is 1. The summed E-state index contributed by atoms with van der Waals surface area (Å²) in [5.74, 6) is -0.149. The molecule has 18 heavy (non-hydrogen) atoms. The van der Waals surface area contributed by atoms with Gasteiger partial charge in [0.05, 0.1) is 0 Å². The smallest absolute Gasteiger partial charge is 0.307 e. The molecule has 0 saturated carbocycles. The van der Waals surface area contributed by atoms with Crippen LogP contribution in [0.1, 0.15) is 16.1 Å². The molecule has 0 aliphatic carbocycles. The molecule has 1 aromatic heterocycles. The number of furan rings is 1. The fourth-order valence-corrected chi connectivity index (χ4v) is 1.67. The number of rotatable bonds is 4. The molecular weight excluding hydrogens is 296 g/mol. The summed E-state index contributed by atoms with van der Waals surface area (Å²) >= 11 is 3.13. The van der Waals surface area contributed by atoms with Gasteiger partial charge in [0.15, 0.2) is 10.4 Å². The van der Waals surface area contributed by atoms with Crippen LogP contribution in [0.15, 0.2) is 56.7 Å². The molecule has 2 rings (SSSR count). The van der Waals surface area contributed by atoms with Gasteiger partial charge in [-0.2, -0.15) is 5.10 Å². The van der Waals surface area contributed by atoms with E-state index in [9.17, 15) is 4.79 Å². The van der Waals surface area contributed by atoms with Gasteiger partial charge >= 0.3 is 5.91 Å². The van der Waals surface area contributed by atoms with E-state index in [2.05, 4.69) is 26.5 Å². The molecule has 1 amide bonds. The van der Waals surface area contributed by atoms with Crippen LogP contribution < -0.4 is 5.43 Å². The lowest BCUT2D eigenvalue weighted by Gasteiger charge is -1.96. The van der Waals surface area contributed by atoms with E-state index in [0.717, 1.165) is 5.56 Å². The number of carbonyl (C=O) groups excluding carboxylic acids is 1. The van der Waals surface area contributed by atoms with Crippen molar-refractivity contribution in [3.63, 3.8) is 0 Å². The molecule has 5 heteroatoms. The second-order valence-corrected chi connectivity index (χ2v) is 4.33. The van der Waals surface area contributed by atoms with Gasteiger partial charge in [0, 0.05) is 12.6 Å². The third kappa shape index (κ3) is 3.56. The predicted octanol–water partition coefficient (Wildman–Crippen LogP) is 3.00. The zero-order chi connectivity index (χ0) is 12.8. The number of amides is 1. The van der Waals surface area contributed by atoms with Gasteiger partial charge in [-0.15, -0.1) is 0 Å². The average molecular weight is 307 g/mol. The second-order valence-electron chi connectivity index (χ2n) is 3.55. The molecule has 0 aliphatic heterocycles. The Labute approximate surface area is 113 Å². The van der Waals surface area contributed by atoms with Crippen LogP contribution in [0, 0.1) is 0 Å². The topological polar surface area (TPSA) is 54.6 Å². The summed E-state index contributed by atoms with van der Waals surface area (Å²) in [4.78, 5) is 11.5. The molecule has 0 saturated heterocycles. The van der Waals surface area contributed by atoms with E-state index in [1.54, 1.807) is 18.3 Å². The monoisotopic (exact) mass is 306 g/mol. The second kappa shape index (κ2) is 6.16. The lowest BCUT2D eigenvalue weighted by atomic mass is 10.2. The van der Waals surface area contributed by atoms with Gasteiger partial charge in [0.2, 0.25) is 0 Å². The highest BCUT2D eigenvalue weighted by Crippen LogP contribution is 2.13. The Morgan fingerprint density at radius 2 is 2.06 bits per heavy atom. The highest BCUT2D eigenvalue weighted by molar-refractivity contribution is 9.10. The van der Waals surface area contributed by atoms with Gasteiger partial charge in [-0.3, -0.25) is 4.79 Å². The first-order valence-corrected chi connectivity index (χ1v) is 6.16. The van der Waals surface area contributed by atoms with Gasteiger partial charge in [0.1, 0.15) is 0 Å². The van der Waals surface area contributed by atoms with Crippen LogP contribution in [0.2, 0.25) is 0 Å². The Hall–Kier alpha value is -1.88. The van der Waals surface area contributed by atoms with E-state index in [1.165, 1.54) is 0 Å². The molecule has 1 N–H and O–H groups in total. The maximum atomic E-state index is 11.5. The van der Waals surface area contributed by atoms with Gasteiger partial charge < -0.3 is 4.42 Å². The molecule has 0 unspecified atom stereocenters. The van der Waals surface area contributed by atoms with Crippen molar-refractivity contribution < 1.29 is 9.21 Å².